The van der Waals surface area contributed by atoms with Crippen LogP contribution in [0.2, 0.25) is 0 Å². The van der Waals surface area contributed by atoms with Crippen LogP contribution in [0.5, 0.6) is 0 Å². The van der Waals surface area contributed by atoms with E-state index >= 15 is 0 Å². The lowest BCUT2D eigenvalue weighted by Gasteiger charge is -2.18. The normalized spacial score (nSPS) is 12.5. The van der Waals surface area contributed by atoms with Gasteiger partial charge in [0.15, 0.2) is 5.96 Å². The van der Waals surface area contributed by atoms with Crippen LogP contribution in [0.4, 0.5) is 4.79 Å². The van der Waals surface area contributed by atoms with E-state index in [1.54, 1.807) is 30.3 Å². The van der Waals surface area contributed by atoms with Crippen molar-refractivity contribution in [1.82, 2.24) is 16.2 Å². The Morgan fingerprint density at radius 3 is 2.38 bits per heavy atom. The molecule has 142 valence electrons. The Balaban J connectivity index is 2.65. The number of imide groups is 1. The molecule has 26 heavy (non-hydrogen) atoms. The first-order chi connectivity index (χ1) is 12.3. The topological polar surface area (TPSA) is 172 Å². The number of urea groups is 1. The number of hydrogen-bond acceptors (Lipinski definition) is 5. The van der Waals surface area contributed by atoms with Crippen LogP contribution in [-0.2, 0) is 9.59 Å². The Hall–Kier alpha value is -3.14. The molecule has 0 radical (unpaired) electrons. The standard InChI is InChI=1S/C16H24N6O4/c1-2-6-11(19-15(17)18)14(25)20-16(26)22-21-12(9-13(23)24)10-7-4-3-5-8-10/h3-5,7-8,11-12,21H,2,6,9H2,1H3,(H,23,24)(H4,17,18,19)(H2,20,22,25,26). The maximum absolute atomic E-state index is 12.1. The summed E-state index contributed by atoms with van der Waals surface area (Å²) in [6.45, 7) is 1.85. The summed E-state index contributed by atoms with van der Waals surface area (Å²) in [4.78, 5) is 38.8. The van der Waals surface area contributed by atoms with Crippen molar-refractivity contribution in [2.45, 2.75) is 38.3 Å². The van der Waals surface area contributed by atoms with Crippen molar-refractivity contribution in [3.05, 3.63) is 35.9 Å². The number of hydrogen-bond donors (Lipinski definition) is 6. The third kappa shape index (κ3) is 7.62. The van der Waals surface area contributed by atoms with Crippen molar-refractivity contribution in [2.75, 3.05) is 0 Å². The molecule has 3 amide bonds. The number of aliphatic carboxylic acids is 1. The Morgan fingerprint density at radius 2 is 1.85 bits per heavy atom. The first kappa shape index (κ1) is 20.9. The number of carbonyl (C=O) groups is 3. The Kier molecular flexibility index (Phi) is 8.58. The fourth-order valence-electron chi connectivity index (χ4n) is 2.20. The number of aliphatic imine (C=N–C) groups is 1. The van der Waals surface area contributed by atoms with E-state index in [1.807, 2.05) is 6.92 Å². The second-order valence-electron chi connectivity index (χ2n) is 5.51. The number of nitrogens with two attached hydrogens (primary N) is 2. The molecule has 10 nitrogen and oxygen atoms in total. The molecule has 2 atom stereocenters. The number of carboxylic acid groups (broad SMARTS) is 1. The highest BCUT2D eigenvalue weighted by Crippen LogP contribution is 2.15. The number of amides is 3. The van der Waals surface area contributed by atoms with Crippen LogP contribution < -0.4 is 27.6 Å². The van der Waals surface area contributed by atoms with E-state index in [-0.39, 0.29) is 12.4 Å². The molecule has 0 aliphatic heterocycles. The highest BCUT2D eigenvalue weighted by atomic mass is 16.4. The van der Waals surface area contributed by atoms with E-state index in [4.69, 9.17) is 16.6 Å². The zero-order chi connectivity index (χ0) is 19.5. The second kappa shape index (κ2) is 10.7. The summed E-state index contributed by atoms with van der Waals surface area (Å²) in [6.07, 6.45) is 0.754. The summed E-state index contributed by atoms with van der Waals surface area (Å²) in [5.74, 6) is -1.95. The van der Waals surface area contributed by atoms with Gasteiger partial charge in [0.05, 0.1) is 12.5 Å². The van der Waals surface area contributed by atoms with E-state index in [0.717, 1.165) is 0 Å². The van der Waals surface area contributed by atoms with E-state index in [1.165, 1.54) is 0 Å². The van der Waals surface area contributed by atoms with Gasteiger partial charge in [0.2, 0.25) is 0 Å². The Bertz CT molecular complexity index is 645. The van der Waals surface area contributed by atoms with Gasteiger partial charge < -0.3 is 16.6 Å². The first-order valence-corrected chi connectivity index (χ1v) is 8.05. The zero-order valence-electron chi connectivity index (χ0n) is 14.4. The molecule has 0 bridgehead atoms. The van der Waals surface area contributed by atoms with Crippen LogP contribution in [0.15, 0.2) is 35.3 Å². The molecule has 0 spiro atoms. The molecular weight excluding hydrogens is 340 g/mol. The van der Waals surface area contributed by atoms with Crippen LogP contribution in [0.25, 0.3) is 0 Å². The van der Waals surface area contributed by atoms with Gasteiger partial charge in [0.25, 0.3) is 5.91 Å². The molecule has 10 heteroatoms. The minimum Gasteiger partial charge on any atom is -0.481 e. The van der Waals surface area contributed by atoms with E-state index in [2.05, 4.69) is 21.2 Å². The lowest BCUT2D eigenvalue weighted by molar-refractivity contribution is -0.137. The fourth-order valence-corrected chi connectivity index (χ4v) is 2.20. The fraction of sp³-hybridized carbons (Fsp3) is 0.375. The second-order valence-corrected chi connectivity index (χ2v) is 5.51. The van der Waals surface area contributed by atoms with Crippen molar-refractivity contribution >= 4 is 23.9 Å². The molecule has 8 N–H and O–H groups in total. The quantitative estimate of drug-likeness (QED) is 0.203. The van der Waals surface area contributed by atoms with Crippen molar-refractivity contribution < 1.29 is 19.5 Å². The first-order valence-electron chi connectivity index (χ1n) is 8.05. The summed E-state index contributed by atoms with van der Waals surface area (Å²) in [6, 6.07) is 6.35. The molecule has 1 rings (SSSR count). The van der Waals surface area contributed by atoms with Crippen molar-refractivity contribution in [3.8, 4) is 0 Å². The Labute approximate surface area is 151 Å². The smallest absolute Gasteiger partial charge is 0.335 e. The van der Waals surface area contributed by atoms with Gasteiger partial charge in [-0.2, -0.15) is 0 Å². The molecule has 0 saturated carbocycles. The molecule has 0 aliphatic rings. The zero-order valence-corrected chi connectivity index (χ0v) is 14.4. The average Bonchev–Trinajstić information content (AvgIpc) is 2.58. The van der Waals surface area contributed by atoms with E-state index < -0.39 is 30.0 Å². The van der Waals surface area contributed by atoms with Crippen molar-refractivity contribution in [1.29, 1.82) is 0 Å². The van der Waals surface area contributed by atoms with Crippen LogP contribution in [0.3, 0.4) is 0 Å². The molecule has 0 saturated heterocycles. The predicted octanol–water partition coefficient (Wildman–Crippen LogP) is -0.0251. The van der Waals surface area contributed by atoms with Crippen molar-refractivity contribution in [2.24, 2.45) is 16.5 Å². The van der Waals surface area contributed by atoms with Crippen LogP contribution in [0.1, 0.15) is 37.8 Å². The summed E-state index contributed by atoms with van der Waals surface area (Å²) in [7, 11) is 0. The Morgan fingerprint density at radius 1 is 1.19 bits per heavy atom. The minimum atomic E-state index is -1.04. The molecule has 1 aromatic rings. The van der Waals surface area contributed by atoms with Gasteiger partial charge in [-0.15, -0.1) is 0 Å². The number of guanidine groups is 1. The monoisotopic (exact) mass is 364 g/mol. The molecule has 0 aliphatic carbocycles. The number of carboxylic acids is 1. The third-order valence-electron chi connectivity index (χ3n) is 3.35. The average molecular weight is 364 g/mol. The SMILES string of the molecule is CCCC(N=C(N)N)C(=O)NC(=O)NNC(CC(=O)O)c1ccccc1. The highest BCUT2D eigenvalue weighted by molar-refractivity contribution is 5.97. The number of nitrogens with zero attached hydrogens (tertiary/aromatic N) is 1. The van der Waals surface area contributed by atoms with Gasteiger partial charge in [0, 0.05) is 0 Å². The van der Waals surface area contributed by atoms with E-state index in [9.17, 15) is 14.4 Å². The minimum absolute atomic E-state index is 0.247. The molecule has 0 heterocycles. The molecule has 0 fully saturated rings. The van der Waals surface area contributed by atoms with Gasteiger partial charge in [-0.05, 0) is 12.0 Å². The lowest BCUT2D eigenvalue weighted by Crippen LogP contribution is -2.50. The largest absolute Gasteiger partial charge is 0.481 e. The number of nitrogens with one attached hydrogen (secondary N) is 3. The summed E-state index contributed by atoms with van der Waals surface area (Å²) >= 11 is 0. The van der Waals surface area contributed by atoms with Gasteiger partial charge >= 0.3 is 12.0 Å². The maximum Gasteiger partial charge on any atom is 0.335 e. The summed E-state index contributed by atoms with van der Waals surface area (Å²) in [5, 5.41) is 11.1. The highest BCUT2D eigenvalue weighted by Gasteiger charge is 2.20. The molecule has 1 aromatic carbocycles. The maximum atomic E-state index is 12.1. The number of carbonyl (C=O) groups excluding carboxylic acids is 2. The van der Waals surface area contributed by atoms with Gasteiger partial charge in [-0.25, -0.2) is 15.2 Å². The molecular formula is C16H24N6O4. The van der Waals surface area contributed by atoms with Crippen LogP contribution in [-0.4, -0.2) is 35.0 Å². The van der Waals surface area contributed by atoms with Gasteiger partial charge in [-0.3, -0.25) is 20.3 Å². The van der Waals surface area contributed by atoms with Gasteiger partial charge in [-0.1, -0.05) is 43.7 Å². The predicted molar refractivity (Wildman–Crippen MR) is 95.8 cm³/mol. The van der Waals surface area contributed by atoms with E-state index in [0.29, 0.717) is 18.4 Å². The number of rotatable bonds is 9. The van der Waals surface area contributed by atoms with Crippen molar-refractivity contribution in [3.63, 3.8) is 0 Å². The lowest BCUT2D eigenvalue weighted by atomic mass is 10.0. The van der Waals surface area contributed by atoms with Crippen LogP contribution in [0, 0.1) is 0 Å². The number of benzene rings is 1. The summed E-state index contributed by atoms with van der Waals surface area (Å²) < 4.78 is 0. The summed E-state index contributed by atoms with van der Waals surface area (Å²) in [5.41, 5.74) is 16.1. The number of hydrazine groups is 1. The third-order valence-corrected chi connectivity index (χ3v) is 3.35. The molecule has 0 aromatic heterocycles. The van der Waals surface area contributed by atoms with Crippen LogP contribution >= 0.6 is 0 Å². The van der Waals surface area contributed by atoms with Gasteiger partial charge in [0.1, 0.15) is 6.04 Å². The molecule has 2 unspecified atom stereocenters.